The van der Waals surface area contributed by atoms with E-state index in [1.54, 1.807) is 29.7 Å². The molecule has 4 aromatic rings. The molecule has 0 aliphatic carbocycles. The van der Waals surface area contributed by atoms with Crippen LogP contribution < -0.4 is 10.8 Å². The van der Waals surface area contributed by atoms with Gasteiger partial charge < -0.3 is 5.32 Å². The van der Waals surface area contributed by atoms with Crippen molar-refractivity contribution in [1.82, 2.24) is 5.48 Å². The van der Waals surface area contributed by atoms with Gasteiger partial charge >= 0.3 is 0 Å². The number of carbonyl (C=O) groups is 2. The minimum atomic E-state index is -0.693. The summed E-state index contributed by atoms with van der Waals surface area (Å²) in [4.78, 5) is 25.1. The van der Waals surface area contributed by atoms with Crippen molar-refractivity contribution in [2.45, 2.75) is 12.3 Å². The molecule has 0 aromatic heterocycles. The number of amides is 2. The Hall–Kier alpha value is -3.96. The molecule has 1 atom stereocenters. The summed E-state index contributed by atoms with van der Waals surface area (Å²) in [6.45, 7) is 0. The Morgan fingerprint density at radius 1 is 0.774 bits per heavy atom. The van der Waals surface area contributed by atoms with Crippen LogP contribution in [0.15, 0.2) is 97.1 Å². The zero-order valence-electron chi connectivity index (χ0n) is 16.8. The third-order valence-electron chi connectivity index (χ3n) is 5.24. The second-order valence-corrected chi connectivity index (χ2v) is 7.31. The lowest BCUT2D eigenvalue weighted by atomic mass is 9.90. The average Bonchev–Trinajstić information content (AvgIpc) is 2.80. The zero-order valence-corrected chi connectivity index (χ0v) is 16.8. The van der Waals surface area contributed by atoms with Crippen molar-refractivity contribution in [2.24, 2.45) is 0 Å². The summed E-state index contributed by atoms with van der Waals surface area (Å²) in [6, 6.07) is 30.2. The van der Waals surface area contributed by atoms with Crippen molar-refractivity contribution in [2.75, 3.05) is 5.32 Å². The second-order valence-electron chi connectivity index (χ2n) is 7.31. The van der Waals surface area contributed by atoms with E-state index in [0.717, 1.165) is 21.9 Å². The molecule has 0 fully saturated rings. The monoisotopic (exact) mass is 410 g/mol. The fourth-order valence-corrected chi connectivity index (χ4v) is 3.83. The molecule has 0 saturated carbocycles. The van der Waals surface area contributed by atoms with Gasteiger partial charge in [0.2, 0.25) is 5.91 Å². The van der Waals surface area contributed by atoms with Gasteiger partial charge in [0.15, 0.2) is 0 Å². The number of benzene rings is 4. The molecule has 4 aromatic carbocycles. The van der Waals surface area contributed by atoms with Crippen LogP contribution in [0.1, 0.15) is 22.6 Å². The Kier molecular flexibility index (Phi) is 6.05. The lowest BCUT2D eigenvalue weighted by molar-refractivity contribution is -0.129. The van der Waals surface area contributed by atoms with Gasteiger partial charge in [-0.05, 0) is 39.6 Å². The van der Waals surface area contributed by atoms with Gasteiger partial charge in [0, 0.05) is 5.69 Å². The molecule has 1 unspecified atom stereocenters. The van der Waals surface area contributed by atoms with Gasteiger partial charge in [0.25, 0.3) is 5.91 Å². The molecule has 0 radical (unpaired) electrons. The van der Waals surface area contributed by atoms with Gasteiger partial charge in [-0.3, -0.25) is 14.8 Å². The van der Waals surface area contributed by atoms with Crippen LogP contribution in [0.5, 0.6) is 0 Å². The van der Waals surface area contributed by atoms with E-state index in [2.05, 4.69) is 5.32 Å². The number of hydrogen-bond acceptors (Lipinski definition) is 3. The molecule has 0 spiro atoms. The molecule has 0 bridgehead atoms. The van der Waals surface area contributed by atoms with Crippen LogP contribution >= 0.6 is 0 Å². The summed E-state index contributed by atoms with van der Waals surface area (Å²) in [7, 11) is 0. The summed E-state index contributed by atoms with van der Waals surface area (Å²) in [5, 5.41) is 14.3. The van der Waals surface area contributed by atoms with Crippen molar-refractivity contribution in [3.05, 3.63) is 114 Å². The van der Waals surface area contributed by atoms with Crippen molar-refractivity contribution in [3.8, 4) is 0 Å². The maximum absolute atomic E-state index is 12.7. The molecule has 5 nitrogen and oxygen atoms in total. The van der Waals surface area contributed by atoms with Crippen LogP contribution in [-0.4, -0.2) is 17.0 Å². The number of rotatable bonds is 6. The van der Waals surface area contributed by atoms with Gasteiger partial charge in [-0.15, -0.1) is 0 Å². The molecule has 0 heterocycles. The Morgan fingerprint density at radius 3 is 2.26 bits per heavy atom. The summed E-state index contributed by atoms with van der Waals surface area (Å²) in [6.07, 6.45) is 0.241. The minimum absolute atomic E-state index is 0.142. The molecule has 31 heavy (non-hydrogen) atoms. The van der Waals surface area contributed by atoms with Crippen LogP contribution in [0.2, 0.25) is 0 Å². The van der Waals surface area contributed by atoms with Crippen molar-refractivity contribution >= 4 is 28.3 Å². The highest BCUT2D eigenvalue weighted by Crippen LogP contribution is 2.27. The van der Waals surface area contributed by atoms with E-state index in [0.29, 0.717) is 11.3 Å². The number of hydroxylamine groups is 1. The first-order valence-corrected chi connectivity index (χ1v) is 10.0. The normalized spacial score (nSPS) is 11.6. The lowest BCUT2D eigenvalue weighted by Gasteiger charge is -2.17. The first-order valence-electron chi connectivity index (χ1n) is 10.0. The molecule has 154 valence electrons. The van der Waals surface area contributed by atoms with E-state index in [1.165, 1.54) is 0 Å². The molecule has 0 saturated heterocycles. The van der Waals surface area contributed by atoms with Crippen molar-refractivity contribution < 1.29 is 14.8 Å². The highest BCUT2D eigenvalue weighted by atomic mass is 16.5. The first-order chi connectivity index (χ1) is 15.2. The minimum Gasteiger partial charge on any atom is -0.326 e. The average molecular weight is 410 g/mol. The molecule has 3 N–H and O–H groups in total. The maximum Gasteiger partial charge on any atom is 0.255 e. The van der Waals surface area contributed by atoms with Crippen LogP contribution in [0.25, 0.3) is 10.8 Å². The molecule has 0 aliphatic heterocycles. The highest BCUT2D eigenvalue weighted by molar-refractivity contribution is 5.96. The largest absolute Gasteiger partial charge is 0.326 e. The van der Waals surface area contributed by atoms with Crippen LogP contribution in [0.4, 0.5) is 5.69 Å². The number of anilines is 1. The van der Waals surface area contributed by atoms with Gasteiger partial charge in [-0.2, -0.15) is 0 Å². The standard InChI is InChI=1S/C26H22N2O3/c29-24(17-20-12-6-11-18-8-4-5-15-23(18)20)27-22-14-7-13-21(16-22)25(26(30)28-31)19-9-2-1-3-10-19/h1-16,25,31H,17H2,(H,27,29)(H,28,30). The third kappa shape index (κ3) is 4.63. The summed E-state index contributed by atoms with van der Waals surface area (Å²) in [5.41, 5.74) is 4.70. The van der Waals surface area contributed by atoms with E-state index in [1.807, 2.05) is 72.8 Å². The zero-order chi connectivity index (χ0) is 21.6. The Labute approximate surface area is 180 Å². The Bertz CT molecular complexity index is 1220. The third-order valence-corrected chi connectivity index (χ3v) is 5.24. The predicted octanol–water partition coefficient (Wildman–Crippen LogP) is 4.66. The highest BCUT2D eigenvalue weighted by Gasteiger charge is 2.22. The lowest BCUT2D eigenvalue weighted by Crippen LogP contribution is -2.27. The van der Waals surface area contributed by atoms with E-state index < -0.39 is 11.8 Å². The molecule has 4 rings (SSSR count). The molecule has 0 aliphatic rings. The molecular formula is C26H22N2O3. The van der Waals surface area contributed by atoms with E-state index in [4.69, 9.17) is 0 Å². The van der Waals surface area contributed by atoms with E-state index in [9.17, 15) is 14.8 Å². The van der Waals surface area contributed by atoms with Crippen LogP contribution in [0, 0.1) is 0 Å². The van der Waals surface area contributed by atoms with Crippen LogP contribution in [0.3, 0.4) is 0 Å². The SMILES string of the molecule is O=C(Cc1cccc2ccccc12)Nc1cccc(C(C(=O)NO)c2ccccc2)c1. The fraction of sp³-hybridized carbons (Fsp3) is 0.0769. The number of nitrogens with one attached hydrogen (secondary N) is 2. The van der Waals surface area contributed by atoms with Gasteiger partial charge in [-0.25, -0.2) is 5.48 Å². The summed E-state index contributed by atoms with van der Waals surface area (Å²) in [5.74, 6) is -1.37. The van der Waals surface area contributed by atoms with Gasteiger partial charge in [0.05, 0.1) is 12.3 Å². The predicted molar refractivity (Wildman–Crippen MR) is 121 cm³/mol. The maximum atomic E-state index is 12.7. The van der Waals surface area contributed by atoms with Crippen molar-refractivity contribution in [3.63, 3.8) is 0 Å². The topological polar surface area (TPSA) is 78.4 Å². The molecular weight excluding hydrogens is 388 g/mol. The van der Waals surface area contributed by atoms with Crippen molar-refractivity contribution in [1.29, 1.82) is 0 Å². The number of fused-ring (bicyclic) bond motifs is 1. The fourth-order valence-electron chi connectivity index (χ4n) is 3.83. The Morgan fingerprint density at radius 2 is 1.45 bits per heavy atom. The van der Waals surface area contributed by atoms with E-state index >= 15 is 0 Å². The summed E-state index contributed by atoms with van der Waals surface area (Å²) < 4.78 is 0. The first kappa shape index (κ1) is 20.3. The van der Waals surface area contributed by atoms with Gasteiger partial charge in [0.1, 0.15) is 0 Å². The molecule has 5 heteroatoms. The quantitative estimate of drug-likeness (QED) is 0.320. The smallest absolute Gasteiger partial charge is 0.255 e. The summed E-state index contributed by atoms with van der Waals surface area (Å²) >= 11 is 0. The Balaban J connectivity index is 1.56. The van der Waals surface area contributed by atoms with Crippen LogP contribution in [-0.2, 0) is 16.0 Å². The number of hydrogen-bond donors (Lipinski definition) is 3. The second kappa shape index (κ2) is 9.24. The van der Waals surface area contributed by atoms with Gasteiger partial charge in [-0.1, -0.05) is 84.9 Å². The number of carbonyl (C=O) groups excluding carboxylic acids is 2. The molecule has 2 amide bonds. The van der Waals surface area contributed by atoms with E-state index in [-0.39, 0.29) is 12.3 Å².